The molecule has 0 saturated heterocycles. The van der Waals surface area contributed by atoms with Gasteiger partial charge in [-0.25, -0.2) is 4.68 Å². The summed E-state index contributed by atoms with van der Waals surface area (Å²) >= 11 is 0. The smallest absolute Gasteiger partial charge is 0.150 e. The predicted octanol–water partition coefficient (Wildman–Crippen LogP) is 3.98. The quantitative estimate of drug-likeness (QED) is 0.827. The predicted molar refractivity (Wildman–Crippen MR) is 90.7 cm³/mol. The van der Waals surface area contributed by atoms with Crippen molar-refractivity contribution in [2.45, 2.75) is 78.8 Å². The van der Waals surface area contributed by atoms with E-state index in [1.165, 1.54) is 37.9 Å². The minimum atomic E-state index is 0.651. The summed E-state index contributed by atoms with van der Waals surface area (Å²) in [7, 11) is 0. The van der Waals surface area contributed by atoms with Gasteiger partial charge in [0.05, 0.1) is 11.4 Å². The standard InChI is InChI=1S/C17H32N4/c1-5-11-21-17(16(18)14(4)19-21)20(12-10-13(2)3)15-8-6-7-9-15/h13,15H,5-12,18H2,1-4H3. The molecule has 4 heteroatoms. The molecule has 1 aromatic heterocycles. The maximum Gasteiger partial charge on any atom is 0.150 e. The summed E-state index contributed by atoms with van der Waals surface area (Å²) in [6.45, 7) is 10.9. The molecule has 0 spiro atoms. The van der Waals surface area contributed by atoms with Crippen molar-refractivity contribution in [2.75, 3.05) is 17.2 Å². The van der Waals surface area contributed by atoms with E-state index >= 15 is 0 Å². The van der Waals surface area contributed by atoms with Crippen LogP contribution in [0.4, 0.5) is 11.5 Å². The summed E-state index contributed by atoms with van der Waals surface area (Å²) in [6, 6.07) is 0.651. The van der Waals surface area contributed by atoms with Gasteiger partial charge in [0.1, 0.15) is 0 Å². The number of hydrogen-bond donors (Lipinski definition) is 1. The van der Waals surface area contributed by atoms with Crippen molar-refractivity contribution in [1.29, 1.82) is 0 Å². The molecule has 0 atom stereocenters. The van der Waals surface area contributed by atoms with Crippen molar-refractivity contribution in [3.63, 3.8) is 0 Å². The highest BCUT2D eigenvalue weighted by molar-refractivity contribution is 5.66. The first-order valence-electron chi connectivity index (χ1n) is 8.64. The zero-order valence-corrected chi connectivity index (χ0v) is 14.2. The second-order valence-electron chi connectivity index (χ2n) is 6.86. The van der Waals surface area contributed by atoms with Gasteiger partial charge in [-0.3, -0.25) is 0 Å². The van der Waals surface area contributed by atoms with E-state index < -0.39 is 0 Å². The molecule has 0 unspecified atom stereocenters. The minimum absolute atomic E-state index is 0.651. The lowest BCUT2D eigenvalue weighted by Crippen LogP contribution is -2.37. The Morgan fingerprint density at radius 1 is 1.33 bits per heavy atom. The molecule has 0 aliphatic heterocycles. The molecule has 1 fully saturated rings. The molecular weight excluding hydrogens is 260 g/mol. The Bertz CT molecular complexity index is 444. The number of nitrogen functional groups attached to an aromatic ring is 1. The maximum absolute atomic E-state index is 6.38. The third kappa shape index (κ3) is 3.72. The number of aromatic nitrogens is 2. The van der Waals surface area contributed by atoms with E-state index in [0.717, 1.165) is 36.8 Å². The Labute approximate surface area is 129 Å². The number of hydrogen-bond acceptors (Lipinski definition) is 3. The van der Waals surface area contributed by atoms with Crippen molar-refractivity contribution in [3.8, 4) is 0 Å². The molecule has 1 heterocycles. The van der Waals surface area contributed by atoms with Gasteiger partial charge in [0, 0.05) is 19.1 Å². The van der Waals surface area contributed by atoms with E-state index in [4.69, 9.17) is 5.73 Å². The third-order valence-electron chi connectivity index (χ3n) is 4.57. The Kier molecular flexibility index (Phi) is 5.54. The molecule has 2 N–H and O–H groups in total. The summed E-state index contributed by atoms with van der Waals surface area (Å²) in [5.74, 6) is 1.90. The molecule has 1 aromatic rings. The molecule has 0 radical (unpaired) electrons. The third-order valence-corrected chi connectivity index (χ3v) is 4.57. The van der Waals surface area contributed by atoms with Gasteiger partial charge in [0.15, 0.2) is 5.82 Å². The zero-order valence-electron chi connectivity index (χ0n) is 14.2. The molecule has 2 rings (SSSR count). The van der Waals surface area contributed by atoms with E-state index in [2.05, 4.69) is 35.5 Å². The average Bonchev–Trinajstić information content (AvgIpc) is 3.03. The Morgan fingerprint density at radius 2 is 2.00 bits per heavy atom. The van der Waals surface area contributed by atoms with Crippen LogP contribution in [-0.2, 0) is 6.54 Å². The normalized spacial score (nSPS) is 16.0. The van der Waals surface area contributed by atoms with Crippen molar-refractivity contribution in [1.82, 2.24) is 9.78 Å². The van der Waals surface area contributed by atoms with E-state index in [1.54, 1.807) is 0 Å². The fraction of sp³-hybridized carbons (Fsp3) is 0.824. The molecule has 1 saturated carbocycles. The van der Waals surface area contributed by atoms with E-state index in [1.807, 2.05) is 6.92 Å². The van der Waals surface area contributed by atoms with E-state index in [9.17, 15) is 0 Å². The van der Waals surface area contributed by atoms with Crippen LogP contribution in [0.5, 0.6) is 0 Å². The van der Waals surface area contributed by atoms with Gasteiger partial charge in [0.2, 0.25) is 0 Å². The van der Waals surface area contributed by atoms with Crippen LogP contribution in [0.1, 0.15) is 65.0 Å². The van der Waals surface area contributed by atoms with E-state index in [0.29, 0.717) is 6.04 Å². The van der Waals surface area contributed by atoms with Gasteiger partial charge in [0.25, 0.3) is 0 Å². The Balaban J connectivity index is 2.30. The Hall–Kier alpha value is -1.19. The van der Waals surface area contributed by atoms with Crippen molar-refractivity contribution >= 4 is 11.5 Å². The topological polar surface area (TPSA) is 47.1 Å². The van der Waals surface area contributed by atoms with Crippen LogP contribution in [0.2, 0.25) is 0 Å². The summed E-state index contributed by atoms with van der Waals surface area (Å²) in [5, 5.41) is 4.67. The van der Waals surface area contributed by atoms with Crippen molar-refractivity contribution in [2.24, 2.45) is 5.92 Å². The second kappa shape index (κ2) is 7.19. The van der Waals surface area contributed by atoms with Gasteiger partial charge in [-0.1, -0.05) is 33.6 Å². The second-order valence-corrected chi connectivity index (χ2v) is 6.86. The fourth-order valence-electron chi connectivity index (χ4n) is 3.33. The van der Waals surface area contributed by atoms with Crippen LogP contribution in [0.25, 0.3) is 0 Å². The molecule has 1 aliphatic carbocycles. The van der Waals surface area contributed by atoms with Crippen LogP contribution < -0.4 is 10.6 Å². The molecule has 0 bridgehead atoms. The van der Waals surface area contributed by atoms with E-state index in [-0.39, 0.29) is 0 Å². The lowest BCUT2D eigenvalue weighted by Gasteiger charge is -2.32. The summed E-state index contributed by atoms with van der Waals surface area (Å²) in [5.41, 5.74) is 8.25. The van der Waals surface area contributed by atoms with Gasteiger partial charge < -0.3 is 10.6 Å². The summed E-state index contributed by atoms with van der Waals surface area (Å²) in [4.78, 5) is 2.57. The van der Waals surface area contributed by atoms with Gasteiger partial charge in [-0.15, -0.1) is 0 Å². The molecule has 4 nitrogen and oxygen atoms in total. The highest BCUT2D eigenvalue weighted by Crippen LogP contribution is 2.34. The fourth-order valence-corrected chi connectivity index (χ4v) is 3.33. The first-order valence-corrected chi connectivity index (χ1v) is 8.64. The highest BCUT2D eigenvalue weighted by Gasteiger charge is 2.27. The van der Waals surface area contributed by atoms with Crippen molar-refractivity contribution < 1.29 is 0 Å². The maximum atomic E-state index is 6.38. The molecule has 0 amide bonds. The Morgan fingerprint density at radius 3 is 2.57 bits per heavy atom. The van der Waals surface area contributed by atoms with Gasteiger partial charge >= 0.3 is 0 Å². The lowest BCUT2D eigenvalue weighted by atomic mass is 10.1. The number of nitrogens with zero attached hydrogens (tertiary/aromatic N) is 3. The number of aryl methyl sites for hydroxylation is 2. The number of rotatable bonds is 7. The molecular formula is C17H32N4. The summed E-state index contributed by atoms with van der Waals surface area (Å²) in [6.07, 6.45) is 7.61. The van der Waals surface area contributed by atoms with Crippen LogP contribution in [0, 0.1) is 12.8 Å². The SMILES string of the molecule is CCCn1nc(C)c(N)c1N(CCC(C)C)C1CCCC1. The molecule has 120 valence electrons. The lowest BCUT2D eigenvalue weighted by molar-refractivity contribution is 0.504. The molecule has 21 heavy (non-hydrogen) atoms. The summed E-state index contributed by atoms with van der Waals surface area (Å²) < 4.78 is 2.14. The largest absolute Gasteiger partial charge is 0.394 e. The molecule has 0 aromatic carbocycles. The van der Waals surface area contributed by atoms with Crippen molar-refractivity contribution in [3.05, 3.63) is 5.69 Å². The zero-order chi connectivity index (χ0) is 15.4. The average molecular weight is 292 g/mol. The number of anilines is 2. The van der Waals surface area contributed by atoms with Gasteiger partial charge in [-0.2, -0.15) is 5.10 Å². The minimum Gasteiger partial charge on any atom is -0.394 e. The number of nitrogens with two attached hydrogens (primary N) is 1. The van der Waals surface area contributed by atoms with Gasteiger partial charge in [-0.05, 0) is 38.5 Å². The first kappa shape index (κ1) is 16.2. The highest BCUT2D eigenvalue weighted by atomic mass is 15.4. The van der Waals surface area contributed by atoms with Crippen LogP contribution in [0.15, 0.2) is 0 Å². The molecule has 1 aliphatic rings. The van der Waals surface area contributed by atoms with Crippen LogP contribution in [0.3, 0.4) is 0 Å². The van der Waals surface area contributed by atoms with Crippen LogP contribution in [-0.4, -0.2) is 22.4 Å². The first-order chi connectivity index (χ1) is 10.0. The van der Waals surface area contributed by atoms with Crippen LogP contribution >= 0.6 is 0 Å². The monoisotopic (exact) mass is 292 g/mol.